The number of benzene rings is 2. The number of nitrogens with zero attached hydrogens (tertiary/aromatic N) is 4. The largest absolute Gasteiger partial charge is 0.383 e. The minimum absolute atomic E-state index is 0.0154. The maximum Gasteiger partial charge on any atom is 0.261 e. The van der Waals surface area contributed by atoms with E-state index in [1.807, 2.05) is 55.1 Å². The van der Waals surface area contributed by atoms with Crippen LogP contribution in [-0.2, 0) is 17.8 Å². The Morgan fingerprint density at radius 3 is 2.47 bits per heavy atom. The second-order valence-corrected chi connectivity index (χ2v) is 11.4. The van der Waals surface area contributed by atoms with Crippen LogP contribution in [0.25, 0.3) is 33.4 Å². The maximum absolute atomic E-state index is 15.6. The second kappa shape index (κ2) is 12.9. The number of pyridine rings is 2. The van der Waals surface area contributed by atoms with Crippen LogP contribution in [-0.4, -0.2) is 38.5 Å². The van der Waals surface area contributed by atoms with E-state index >= 15 is 4.39 Å². The van der Waals surface area contributed by atoms with Crippen LogP contribution in [0, 0.1) is 18.7 Å². The van der Waals surface area contributed by atoms with Crippen LogP contribution < -0.4 is 16.5 Å². The molecule has 0 radical (unpaired) electrons. The molecule has 3 N–H and O–H groups in total. The van der Waals surface area contributed by atoms with Crippen molar-refractivity contribution in [2.45, 2.75) is 39.8 Å². The van der Waals surface area contributed by atoms with E-state index in [2.05, 4.69) is 15.4 Å². The Kier molecular flexibility index (Phi) is 8.57. The second-order valence-electron chi connectivity index (χ2n) is 11.4. The number of hydrogen-bond acceptors (Lipinski definition) is 6. The standard InChI is InChI=1S/C35H35FN6O3/c1-3-42-19-26(17-39-42)25-14-29(34(37)38-16-25)28-9-8-27(15-32(28)36)40-35(44)31-21-41(18-23-10-12-45-13-11-23)20-30(33(31)43)24-6-4-22(2)5-7-24/h4-9,14-17,19-21,23H,3,10-13,18H2,1-2H3,(H2,37,38)(H,40,44). The zero-order valence-electron chi connectivity index (χ0n) is 25.3. The third kappa shape index (κ3) is 6.56. The van der Waals surface area contributed by atoms with Gasteiger partial charge in [0.25, 0.3) is 5.91 Å². The Morgan fingerprint density at radius 2 is 1.76 bits per heavy atom. The van der Waals surface area contributed by atoms with Crippen LogP contribution >= 0.6 is 0 Å². The monoisotopic (exact) mass is 606 g/mol. The number of nitrogens with two attached hydrogens (primary N) is 1. The summed E-state index contributed by atoms with van der Waals surface area (Å²) < 4.78 is 24.8. The molecule has 2 aromatic carbocycles. The molecule has 1 aliphatic heterocycles. The molecule has 1 fully saturated rings. The number of aryl methyl sites for hydroxylation is 2. The summed E-state index contributed by atoms with van der Waals surface area (Å²) in [5.41, 5.74) is 10.4. The molecule has 1 saturated heterocycles. The minimum atomic E-state index is -0.613. The van der Waals surface area contributed by atoms with Crippen LogP contribution in [0.15, 0.2) is 84.3 Å². The van der Waals surface area contributed by atoms with Gasteiger partial charge < -0.3 is 20.4 Å². The summed E-state index contributed by atoms with van der Waals surface area (Å²) in [5.74, 6) is -0.658. The highest BCUT2D eigenvalue weighted by atomic mass is 19.1. The molecular weight excluding hydrogens is 571 g/mol. The highest BCUT2D eigenvalue weighted by Crippen LogP contribution is 2.32. The molecule has 0 atom stereocenters. The summed E-state index contributed by atoms with van der Waals surface area (Å²) in [5, 5.41) is 7.03. The molecule has 0 saturated carbocycles. The predicted octanol–water partition coefficient (Wildman–Crippen LogP) is 6.17. The summed E-state index contributed by atoms with van der Waals surface area (Å²) in [6, 6.07) is 13.8. The van der Waals surface area contributed by atoms with Gasteiger partial charge in [-0.1, -0.05) is 29.8 Å². The molecule has 45 heavy (non-hydrogen) atoms. The van der Waals surface area contributed by atoms with Gasteiger partial charge in [0, 0.05) is 84.6 Å². The van der Waals surface area contributed by atoms with Gasteiger partial charge in [0.05, 0.1) is 6.20 Å². The fraction of sp³-hybridized carbons (Fsp3) is 0.257. The lowest BCUT2D eigenvalue weighted by atomic mass is 9.99. The fourth-order valence-corrected chi connectivity index (χ4v) is 5.61. The summed E-state index contributed by atoms with van der Waals surface area (Å²) >= 11 is 0. The molecule has 5 aromatic rings. The lowest BCUT2D eigenvalue weighted by Crippen LogP contribution is -2.26. The van der Waals surface area contributed by atoms with Crippen molar-refractivity contribution in [1.29, 1.82) is 0 Å². The highest BCUT2D eigenvalue weighted by molar-refractivity contribution is 6.04. The molecule has 3 aromatic heterocycles. The Balaban J connectivity index is 1.29. The topological polar surface area (TPSA) is 117 Å². The molecule has 1 aliphatic rings. The van der Waals surface area contributed by atoms with Crippen LogP contribution in [0.1, 0.15) is 35.7 Å². The average Bonchev–Trinajstić information content (AvgIpc) is 3.53. The number of hydrogen-bond donors (Lipinski definition) is 2. The average molecular weight is 607 g/mol. The van der Waals surface area contributed by atoms with E-state index in [9.17, 15) is 9.59 Å². The van der Waals surface area contributed by atoms with Crippen molar-refractivity contribution in [3.05, 3.63) is 107 Å². The third-order valence-corrected chi connectivity index (χ3v) is 8.22. The van der Waals surface area contributed by atoms with Gasteiger partial charge in [-0.05, 0) is 62.4 Å². The van der Waals surface area contributed by atoms with Crippen molar-refractivity contribution >= 4 is 17.4 Å². The van der Waals surface area contributed by atoms with Crippen molar-refractivity contribution in [3.8, 4) is 33.4 Å². The zero-order valence-corrected chi connectivity index (χ0v) is 25.3. The van der Waals surface area contributed by atoms with Crippen molar-refractivity contribution in [2.24, 2.45) is 5.92 Å². The van der Waals surface area contributed by atoms with Crippen LogP contribution in [0.2, 0.25) is 0 Å². The molecule has 0 unspecified atom stereocenters. The smallest absolute Gasteiger partial charge is 0.261 e. The SMILES string of the molecule is CCn1cc(-c2cnc(N)c(-c3ccc(NC(=O)c4cn(CC5CCOCC5)cc(-c5ccc(C)cc5)c4=O)cc3F)c2)cn1. The zero-order chi connectivity index (χ0) is 31.5. The van der Waals surface area contributed by atoms with Gasteiger partial charge in [-0.2, -0.15) is 5.10 Å². The fourth-order valence-electron chi connectivity index (χ4n) is 5.61. The summed E-state index contributed by atoms with van der Waals surface area (Å²) in [7, 11) is 0. The molecule has 1 amide bonds. The lowest BCUT2D eigenvalue weighted by molar-refractivity contribution is 0.0612. The molecule has 0 bridgehead atoms. The van der Waals surface area contributed by atoms with Gasteiger partial charge in [0.2, 0.25) is 5.43 Å². The lowest BCUT2D eigenvalue weighted by Gasteiger charge is -2.23. The number of nitrogens with one attached hydrogen (secondary N) is 1. The Labute approximate surface area is 260 Å². The Hall–Kier alpha value is -5.09. The van der Waals surface area contributed by atoms with Gasteiger partial charge in [0.1, 0.15) is 17.2 Å². The first-order valence-corrected chi connectivity index (χ1v) is 15.1. The quantitative estimate of drug-likeness (QED) is 0.218. The molecule has 0 spiro atoms. The van der Waals surface area contributed by atoms with E-state index in [-0.39, 0.29) is 22.6 Å². The predicted molar refractivity (Wildman–Crippen MR) is 173 cm³/mol. The van der Waals surface area contributed by atoms with Crippen molar-refractivity contribution in [2.75, 3.05) is 24.3 Å². The first-order valence-electron chi connectivity index (χ1n) is 15.1. The van der Waals surface area contributed by atoms with Crippen molar-refractivity contribution in [1.82, 2.24) is 19.3 Å². The number of amides is 1. The normalized spacial score (nSPS) is 13.6. The van der Waals surface area contributed by atoms with Gasteiger partial charge in [-0.3, -0.25) is 14.3 Å². The number of nitrogen functional groups attached to an aromatic ring is 1. The van der Waals surface area contributed by atoms with Crippen LogP contribution in [0.5, 0.6) is 0 Å². The first kappa shape index (κ1) is 30.0. The van der Waals surface area contributed by atoms with Gasteiger partial charge >= 0.3 is 0 Å². The van der Waals surface area contributed by atoms with Gasteiger partial charge in [0.15, 0.2) is 0 Å². The molecule has 0 aliphatic carbocycles. The molecular formula is C35H35FN6O3. The third-order valence-electron chi connectivity index (χ3n) is 8.22. The molecule has 10 heteroatoms. The molecule has 230 valence electrons. The van der Waals surface area contributed by atoms with Crippen molar-refractivity contribution < 1.29 is 13.9 Å². The van der Waals surface area contributed by atoms with E-state index in [1.54, 1.807) is 41.5 Å². The molecule has 9 nitrogen and oxygen atoms in total. The van der Waals surface area contributed by atoms with E-state index in [4.69, 9.17) is 10.5 Å². The van der Waals surface area contributed by atoms with E-state index in [1.165, 1.54) is 6.07 Å². The highest BCUT2D eigenvalue weighted by Gasteiger charge is 2.20. The van der Waals surface area contributed by atoms with E-state index in [0.29, 0.717) is 36.8 Å². The Morgan fingerprint density at radius 1 is 0.978 bits per heavy atom. The van der Waals surface area contributed by atoms with Crippen LogP contribution in [0.3, 0.4) is 0 Å². The molecule has 6 rings (SSSR count). The van der Waals surface area contributed by atoms with E-state index in [0.717, 1.165) is 41.6 Å². The number of ether oxygens (including phenoxy) is 1. The number of carbonyl (C=O) groups is 1. The Bertz CT molecular complexity index is 1910. The minimum Gasteiger partial charge on any atom is -0.383 e. The number of aromatic nitrogens is 4. The van der Waals surface area contributed by atoms with Gasteiger partial charge in [-0.25, -0.2) is 9.37 Å². The summed E-state index contributed by atoms with van der Waals surface area (Å²) in [4.78, 5) is 31.5. The number of anilines is 2. The number of rotatable bonds is 8. The van der Waals surface area contributed by atoms with Gasteiger partial charge in [-0.15, -0.1) is 0 Å². The number of carbonyl (C=O) groups excluding carboxylic acids is 1. The summed E-state index contributed by atoms with van der Waals surface area (Å²) in [6.07, 6.45) is 10.5. The first-order chi connectivity index (χ1) is 21.8. The van der Waals surface area contributed by atoms with Crippen molar-refractivity contribution in [3.63, 3.8) is 0 Å². The summed E-state index contributed by atoms with van der Waals surface area (Å²) in [6.45, 7) is 6.73. The van der Waals surface area contributed by atoms with Crippen LogP contribution in [0.4, 0.5) is 15.9 Å². The van der Waals surface area contributed by atoms with E-state index < -0.39 is 17.2 Å². The maximum atomic E-state index is 15.6. The molecule has 4 heterocycles. The number of halogens is 1.